The molecule has 1 rings (SSSR count). The Balaban J connectivity index is 2.69. The zero-order valence-electron chi connectivity index (χ0n) is 13.5. The number of carbonyl (C=O) groups is 1. The van der Waals surface area contributed by atoms with Crippen LogP contribution in [-0.4, -0.2) is 53.1 Å². The Morgan fingerprint density at radius 1 is 1.32 bits per heavy atom. The Hall–Kier alpha value is -1.44. The maximum Gasteiger partial charge on any atom is 0.253 e. The Kier molecular flexibility index (Phi) is 6.99. The van der Waals surface area contributed by atoms with Crippen LogP contribution in [0.3, 0.4) is 0 Å². The fraction of sp³-hybridized carbons (Fsp3) is 0.533. The van der Waals surface area contributed by atoms with Crippen molar-refractivity contribution in [2.75, 3.05) is 33.9 Å². The first kappa shape index (κ1) is 18.6. The van der Waals surface area contributed by atoms with Crippen molar-refractivity contribution in [3.05, 3.63) is 29.8 Å². The van der Waals surface area contributed by atoms with E-state index in [1.807, 2.05) is 13.8 Å². The van der Waals surface area contributed by atoms with Crippen LogP contribution in [0.1, 0.15) is 24.2 Å². The second-order valence-corrected chi connectivity index (χ2v) is 7.36. The first-order chi connectivity index (χ1) is 10.2. The maximum absolute atomic E-state index is 12.2. The summed E-state index contributed by atoms with van der Waals surface area (Å²) in [6, 6.07) is 5.98. The number of nitrogens with zero attached hydrogens (tertiary/aromatic N) is 1. The molecule has 0 unspecified atom stereocenters. The Morgan fingerprint density at radius 2 is 2.00 bits per heavy atom. The smallest absolute Gasteiger partial charge is 0.253 e. The summed E-state index contributed by atoms with van der Waals surface area (Å²) in [6.45, 7) is 5.15. The fourth-order valence-electron chi connectivity index (χ4n) is 1.71. The monoisotopic (exact) mass is 328 g/mol. The van der Waals surface area contributed by atoms with E-state index >= 15 is 0 Å². The van der Waals surface area contributed by atoms with Crippen molar-refractivity contribution in [1.29, 1.82) is 0 Å². The van der Waals surface area contributed by atoms with E-state index in [0.29, 0.717) is 24.7 Å². The molecule has 0 radical (unpaired) electrons. The highest BCUT2D eigenvalue weighted by Crippen LogP contribution is 2.12. The number of rotatable bonds is 8. The predicted octanol–water partition coefficient (Wildman–Crippen LogP) is 1.34. The molecule has 1 aromatic rings. The molecule has 1 amide bonds. The molecule has 0 fully saturated rings. The van der Waals surface area contributed by atoms with Gasteiger partial charge in [-0.15, -0.1) is 0 Å². The van der Waals surface area contributed by atoms with E-state index in [4.69, 9.17) is 4.74 Å². The number of carbonyl (C=O) groups excluding carboxylic acids is 1. The van der Waals surface area contributed by atoms with Gasteiger partial charge in [0.15, 0.2) is 0 Å². The lowest BCUT2D eigenvalue weighted by atomic mass is 10.2. The summed E-state index contributed by atoms with van der Waals surface area (Å²) in [5.74, 6) is 0.169. The van der Waals surface area contributed by atoms with Gasteiger partial charge in [0.2, 0.25) is 10.0 Å². The van der Waals surface area contributed by atoms with Gasteiger partial charge in [-0.3, -0.25) is 4.79 Å². The largest absolute Gasteiger partial charge is 0.380 e. The second-order valence-electron chi connectivity index (χ2n) is 5.59. The van der Waals surface area contributed by atoms with Gasteiger partial charge < -0.3 is 9.64 Å². The van der Waals surface area contributed by atoms with Crippen molar-refractivity contribution in [2.24, 2.45) is 5.92 Å². The summed E-state index contributed by atoms with van der Waals surface area (Å²) in [5, 5.41) is 0. The molecular formula is C15H24N2O4S. The van der Waals surface area contributed by atoms with Crippen molar-refractivity contribution in [1.82, 2.24) is 9.62 Å². The van der Waals surface area contributed by atoms with Crippen LogP contribution in [0.5, 0.6) is 0 Å². The van der Waals surface area contributed by atoms with Gasteiger partial charge in [-0.2, -0.15) is 0 Å². The van der Waals surface area contributed by atoms with Gasteiger partial charge in [0.25, 0.3) is 5.91 Å². The second kappa shape index (κ2) is 8.26. The predicted molar refractivity (Wildman–Crippen MR) is 85.3 cm³/mol. The van der Waals surface area contributed by atoms with Crippen LogP contribution in [0.2, 0.25) is 0 Å². The number of nitrogens with one attached hydrogen (secondary N) is 1. The van der Waals surface area contributed by atoms with Crippen LogP contribution in [0, 0.1) is 5.92 Å². The van der Waals surface area contributed by atoms with E-state index < -0.39 is 10.0 Å². The van der Waals surface area contributed by atoms with Crippen molar-refractivity contribution in [2.45, 2.75) is 18.7 Å². The van der Waals surface area contributed by atoms with Gasteiger partial charge in [-0.1, -0.05) is 19.9 Å². The van der Waals surface area contributed by atoms with Gasteiger partial charge in [0.1, 0.15) is 0 Å². The Morgan fingerprint density at radius 3 is 2.59 bits per heavy atom. The quantitative estimate of drug-likeness (QED) is 0.731. The van der Waals surface area contributed by atoms with Gasteiger partial charge >= 0.3 is 0 Å². The molecule has 1 N–H and O–H groups in total. The number of hydrogen-bond donors (Lipinski definition) is 1. The molecule has 7 heteroatoms. The molecule has 6 nitrogen and oxygen atoms in total. The van der Waals surface area contributed by atoms with Gasteiger partial charge in [0, 0.05) is 32.8 Å². The lowest BCUT2D eigenvalue weighted by molar-refractivity contribution is 0.0827. The number of amides is 1. The third kappa shape index (κ3) is 5.75. The molecule has 124 valence electrons. The lowest BCUT2D eigenvalue weighted by Crippen LogP contribution is -2.28. The average molecular weight is 328 g/mol. The maximum atomic E-state index is 12.2. The average Bonchev–Trinajstić information content (AvgIpc) is 2.45. The molecule has 0 aromatic heterocycles. The van der Waals surface area contributed by atoms with Crippen LogP contribution in [0.25, 0.3) is 0 Å². The summed E-state index contributed by atoms with van der Waals surface area (Å²) < 4.78 is 32.2. The summed E-state index contributed by atoms with van der Waals surface area (Å²) in [7, 11) is -0.406. The minimum Gasteiger partial charge on any atom is -0.380 e. The summed E-state index contributed by atoms with van der Waals surface area (Å²) in [6.07, 6.45) is 0. The minimum absolute atomic E-state index is 0.0732. The summed E-state index contributed by atoms with van der Waals surface area (Å²) in [4.78, 5) is 13.4. The standard InChI is InChI=1S/C15H24N2O4S/c1-12(2)11-21-9-8-16-22(19,20)14-7-5-6-13(10-14)15(18)17(3)4/h5-7,10,12,16H,8-9,11H2,1-4H3. The zero-order chi connectivity index (χ0) is 16.8. The molecule has 0 aliphatic rings. The van der Waals surface area contributed by atoms with E-state index in [9.17, 15) is 13.2 Å². The van der Waals surface area contributed by atoms with Crippen LogP contribution in [0.4, 0.5) is 0 Å². The highest BCUT2D eigenvalue weighted by atomic mass is 32.2. The molecule has 0 bridgehead atoms. The van der Waals surface area contributed by atoms with E-state index in [1.54, 1.807) is 26.2 Å². The van der Waals surface area contributed by atoms with Gasteiger partial charge in [-0.25, -0.2) is 13.1 Å². The molecule has 0 heterocycles. The van der Waals surface area contributed by atoms with Gasteiger partial charge in [0.05, 0.1) is 11.5 Å². The first-order valence-electron chi connectivity index (χ1n) is 7.13. The fourth-order valence-corrected chi connectivity index (χ4v) is 2.76. The third-order valence-electron chi connectivity index (χ3n) is 2.79. The van der Waals surface area contributed by atoms with E-state index in [2.05, 4.69) is 4.72 Å². The molecular weight excluding hydrogens is 304 g/mol. The van der Waals surface area contributed by atoms with Crippen molar-refractivity contribution >= 4 is 15.9 Å². The normalized spacial score (nSPS) is 11.7. The molecule has 0 spiro atoms. The van der Waals surface area contributed by atoms with E-state index in [1.165, 1.54) is 17.0 Å². The van der Waals surface area contributed by atoms with Crippen molar-refractivity contribution in [3.8, 4) is 0 Å². The molecule has 1 aromatic carbocycles. The summed E-state index contributed by atoms with van der Waals surface area (Å²) >= 11 is 0. The first-order valence-corrected chi connectivity index (χ1v) is 8.61. The van der Waals surface area contributed by atoms with E-state index in [0.717, 1.165) is 0 Å². The van der Waals surface area contributed by atoms with Crippen LogP contribution in [-0.2, 0) is 14.8 Å². The minimum atomic E-state index is -3.64. The number of ether oxygens (including phenoxy) is 1. The topological polar surface area (TPSA) is 75.7 Å². The highest BCUT2D eigenvalue weighted by Gasteiger charge is 2.16. The third-order valence-corrected chi connectivity index (χ3v) is 4.25. The number of benzene rings is 1. The molecule has 0 saturated carbocycles. The van der Waals surface area contributed by atoms with E-state index in [-0.39, 0.29) is 17.3 Å². The Labute approximate surface area is 132 Å². The zero-order valence-corrected chi connectivity index (χ0v) is 14.3. The molecule has 0 aliphatic carbocycles. The molecule has 0 atom stereocenters. The Bertz CT molecular complexity index is 597. The molecule has 0 aliphatic heterocycles. The number of hydrogen-bond acceptors (Lipinski definition) is 4. The van der Waals surface area contributed by atoms with Crippen LogP contribution in [0.15, 0.2) is 29.2 Å². The van der Waals surface area contributed by atoms with Crippen LogP contribution < -0.4 is 4.72 Å². The number of sulfonamides is 1. The summed E-state index contributed by atoms with van der Waals surface area (Å²) in [5.41, 5.74) is 0.337. The van der Waals surface area contributed by atoms with Crippen molar-refractivity contribution in [3.63, 3.8) is 0 Å². The van der Waals surface area contributed by atoms with Gasteiger partial charge in [-0.05, 0) is 24.1 Å². The van der Waals surface area contributed by atoms with Crippen LogP contribution >= 0.6 is 0 Å². The van der Waals surface area contributed by atoms with Crippen molar-refractivity contribution < 1.29 is 17.9 Å². The lowest BCUT2D eigenvalue weighted by Gasteiger charge is -2.12. The molecule has 22 heavy (non-hydrogen) atoms. The molecule has 0 saturated heterocycles. The SMILES string of the molecule is CC(C)COCCNS(=O)(=O)c1cccc(C(=O)N(C)C)c1. The highest BCUT2D eigenvalue weighted by molar-refractivity contribution is 7.89.